The molecule has 1 saturated heterocycles. The van der Waals surface area contributed by atoms with Crippen LogP contribution in [0.2, 0.25) is 0 Å². The maximum absolute atomic E-state index is 5.72. The Hall–Kier alpha value is -1.06. The Bertz CT molecular complexity index is 359. The van der Waals surface area contributed by atoms with E-state index in [9.17, 15) is 0 Å². The van der Waals surface area contributed by atoms with Gasteiger partial charge >= 0.3 is 0 Å². The van der Waals surface area contributed by atoms with Crippen LogP contribution in [0.3, 0.4) is 0 Å². The van der Waals surface area contributed by atoms with Crippen molar-refractivity contribution in [1.82, 2.24) is 9.80 Å². The zero-order valence-corrected chi connectivity index (χ0v) is 11.3. The summed E-state index contributed by atoms with van der Waals surface area (Å²) in [4.78, 5) is 4.90. The normalized spacial score (nSPS) is 17.9. The molecule has 0 amide bonds. The summed E-state index contributed by atoms with van der Waals surface area (Å²) in [5.74, 6) is 0.931. The molecule has 0 spiro atoms. The van der Waals surface area contributed by atoms with E-state index in [0.29, 0.717) is 0 Å². The average Bonchev–Trinajstić information content (AvgIpc) is 2.37. The summed E-state index contributed by atoms with van der Waals surface area (Å²) in [6, 6.07) is 7.94. The molecule has 1 aliphatic rings. The number of ether oxygens (including phenoxy) is 1. The lowest BCUT2D eigenvalue weighted by Gasteiger charge is -2.32. The number of hydrogen-bond acceptors (Lipinski definition) is 3. The minimum Gasteiger partial charge on any atom is -0.494 e. The minimum atomic E-state index is 0.787. The first kappa shape index (κ1) is 13.4. The van der Waals surface area contributed by atoms with E-state index in [1.165, 1.54) is 26.2 Å². The predicted molar refractivity (Wildman–Crippen MR) is 75.0 cm³/mol. The van der Waals surface area contributed by atoms with Crippen molar-refractivity contribution in [2.75, 3.05) is 46.4 Å². The number of benzene rings is 1. The second kappa shape index (κ2) is 6.76. The largest absolute Gasteiger partial charge is 0.494 e. The summed E-state index contributed by atoms with van der Waals surface area (Å²) in [5, 5.41) is 0. The van der Waals surface area contributed by atoms with E-state index >= 15 is 0 Å². The lowest BCUT2D eigenvalue weighted by atomic mass is 10.2. The highest BCUT2D eigenvalue weighted by molar-refractivity contribution is 5.29. The lowest BCUT2D eigenvalue weighted by molar-refractivity contribution is 0.145. The van der Waals surface area contributed by atoms with Gasteiger partial charge in [0.1, 0.15) is 5.75 Å². The van der Waals surface area contributed by atoms with E-state index in [0.717, 1.165) is 30.9 Å². The summed E-state index contributed by atoms with van der Waals surface area (Å²) in [6.07, 6.45) is 1.09. The van der Waals surface area contributed by atoms with Crippen LogP contribution in [-0.4, -0.2) is 56.2 Å². The van der Waals surface area contributed by atoms with Gasteiger partial charge in [-0.2, -0.15) is 0 Å². The third-order valence-electron chi connectivity index (χ3n) is 3.38. The average molecular weight is 247 g/mol. The van der Waals surface area contributed by atoms with Crippen molar-refractivity contribution in [3.63, 3.8) is 0 Å². The first-order chi connectivity index (χ1) is 8.74. The van der Waals surface area contributed by atoms with Gasteiger partial charge in [-0.1, -0.05) is 12.1 Å². The maximum Gasteiger partial charge on any atom is 0.119 e. The molecule has 0 saturated carbocycles. The Morgan fingerprint density at radius 1 is 1.22 bits per heavy atom. The molecule has 0 aromatic heterocycles. The zero-order chi connectivity index (χ0) is 12.8. The Labute approximate surface area is 110 Å². The van der Waals surface area contributed by atoms with E-state index in [1.54, 1.807) is 0 Å². The van der Waals surface area contributed by atoms with Crippen molar-refractivity contribution >= 4 is 0 Å². The van der Waals surface area contributed by atoms with Crippen LogP contribution in [0.25, 0.3) is 0 Å². The number of nitrogens with zero attached hydrogens (tertiary/aromatic N) is 2. The third-order valence-corrected chi connectivity index (χ3v) is 3.38. The van der Waals surface area contributed by atoms with Gasteiger partial charge in [-0.05, 0) is 38.1 Å². The number of rotatable bonds is 5. The van der Waals surface area contributed by atoms with Crippen molar-refractivity contribution in [2.45, 2.75) is 6.42 Å². The molecule has 0 bridgehead atoms. The van der Waals surface area contributed by atoms with Crippen LogP contribution in [0.15, 0.2) is 24.3 Å². The van der Waals surface area contributed by atoms with E-state index in [4.69, 9.17) is 4.74 Å². The fraction of sp³-hybridized carbons (Fsp3) is 0.533. The molecule has 1 aromatic carbocycles. The van der Waals surface area contributed by atoms with E-state index < -0.39 is 0 Å². The van der Waals surface area contributed by atoms with Crippen LogP contribution in [-0.2, 0) is 0 Å². The summed E-state index contributed by atoms with van der Waals surface area (Å²) in [7, 11) is 2.19. The summed E-state index contributed by atoms with van der Waals surface area (Å²) in [6.45, 7) is 10.6. The van der Waals surface area contributed by atoms with Gasteiger partial charge in [0, 0.05) is 32.7 Å². The van der Waals surface area contributed by atoms with Crippen LogP contribution in [0, 0.1) is 6.92 Å². The second-order valence-corrected chi connectivity index (χ2v) is 4.99. The number of hydrogen-bond donors (Lipinski definition) is 0. The van der Waals surface area contributed by atoms with Crippen LogP contribution in [0.1, 0.15) is 12.0 Å². The molecule has 0 unspecified atom stereocenters. The van der Waals surface area contributed by atoms with Crippen molar-refractivity contribution in [1.29, 1.82) is 0 Å². The van der Waals surface area contributed by atoms with Gasteiger partial charge in [-0.3, -0.25) is 0 Å². The molecule has 1 aliphatic heterocycles. The van der Waals surface area contributed by atoms with Gasteiger partial charge < -0.3 is 14.5 Å². The zero-order valence-electron chi connectivity index (χ0n) is 11.3. The standard InChI is InChI=1S/C15H23N2O/c1-14-5-3-6-15(13-14)18-12-4-7-17-10-8-16(2)9-11-17/h3,5-6,13H,1,4,7-12H2,2H3. The summed E-state index contributed by atoms with van der Waals surface area (Å²) < 4.78 is 5.72. The minimum absolute atomic E-state index is 0.787. The molecule has 0 aliphatic carbocycles. The first-order valence-corrected chi connectivity index (χ1v) is 6.70. The molecule has 18 heavy (non-hydrogen) atoms. The Morgan fingerprint density at radius 2 is 2.00 bits per heavy atom. The van der Waals surface area contributed by atoms with E-state index in [-0.39, 0.29) is 0 Å². The predicted octanol–water partition coefficient (Wildman–Crippen LogP) is 1.89. The summed E-state index contributed by atoms with van der Waals surface area (Å²) >= 11 is 0. The van der Waals surface area contributed by atoms with Gasteiger partial charge in [0.15, 0.2) is 0 Å². The van der Waals surface area contributed by atoms with Gasteiger partial charge in [-0.25, -0.2) is 0 Å². The third kappa shape index (κ3) is 4.31. The molecular formula is C15H23N2O. The first-order valence-electron chi connectivity index (χ1n) is 6.70. The molecule has 99 valence electrons. The lowest BCUT2D eigenvalue weighted by Crippen LogP contribution is -2.44. The Balaban J connectivity index is 1.61. The van der Waals surface area contributed by atoms with Gasteiger partial charge in [0.25, 0.3) is 0 Å². The van der Waals surface area contributed by atoms with Crippen LogP contribution >= 0.6 is 0 Å². The fourth-order valence-electron chi connectivity index (χ4n) is 2.18. The molecule has 1 fully saturated rings. The fourth-order valence-corrected chi connectivity index (χ4v) is 2.18. The topological polar surface area (TPSA) is 15.7 Å². The van der Waals surface area contributed by atoms with Crippen LogP contribution < -0.4 is 4.74 Å². The smallest absolute Gasteiger partial charge is 0.119 e. The molecule has 1 heterocycles. The van der Waals surface area contributed by atoms with Crippen LogP contribution in [0.4, 0.5) is 0 Å². The number of likely N-dealkylation sites (N-methyl/N-ethyl adjacent to an activating group) is 1. The molecule has 0 atom stereocenters. The molecule has 0 N–H and O–H groups in total. The highest BCUT2D eigenvalue weighted by Crippen LogP contribution is 2.12. The molecule has 1 aromatic rings. The van der Waals surface area contributed by atoms with E-state index in [2.05, 4.69) is 23.8 Å². The van der Waals surface area contributed by atoms with Crippen LogP contribution in [0.5, 0.6) is 5.75 Å². The van der Waals surface area contributed by atoms with Crippen molar-refractivity contribution < 1.29 is 4.74 Å². The van der Waals surface area contributed by atoms with Crippen molar-refractivity contribution in [3.8, 4) is 5.75 Å². The molecule has 3 nitrogen and oxygen atoms in total. The second-order valence-electron chi connectivity index (χ2n) is 4.99. The van der Waals surface area contributed by atoms with Gasteiger partial charge in [0.05, 0.1) is 6.61 Å². The number of piperazine rings is 1. The molecular weight excluding hydrogens is 224 g/mol. The Kier molecular flexibility index (Phi) is 5.02. The maximum atomic E-state index is 5.72. The van der Waals surface area contributed by atoms with Crippen molar-refractivity contribution in [3.05, 3.63) is 36.8 Å². The highest BCUT2D eigenvalue weighted by Gasteiger charge is 2.12. The molecule has 1 radical (unpaired) electrons. The van der Waals surface area contributed by atoms with Crippen molar-refractivity contribution in [2.24, 2.45) is 0 Å². The molecule has 2 rings (SSSR count). The quantitative estimate of drug-likeness (QED) is 0.739. The summed E-state index contributed by atoms with van der Waals surface area (Å²) in [5.41, 5.74) is 1.01. The van der Waals surface area contributed by atoms with E-state index in [1.807, 2.05) is 24.3 Å². The monoisotopic (exact) mass is 247 g/mol. The molecule has 3 heteroatoms. The SMILES string of the molecule is [CH2]c1cccc(OCCCN2CCN(C)CC2)c1. The highest BCUT2D eigenvalue weighted by atomic mass is 16.5. The van der Waals surface area contributed by atoms with Gasteiger partial charge in [-0.15, -0.1) is 0 Å². The van der Waals surface area contributed by atoms with Gasteiger partial charge in [0.2, 0.25) is 0 Å². The Morgan fingerprint density at radius 3 is 2.72 bits per heavy atom.